The maximum atomic E-state index is 12.5. The van der Waals surface area contributed by atoms with Crippen LogP contribution >= 0.6 is 0 Å². The van der Waals surface area contributed by atoms with Crippen molar-refractivity contribution < 1.29 is 24.5 Å². The number of aliphatic hydroxyl groups excluding tert-OH is 2. The summed E-state index contributed by atoms with van der Waals surface area (Å²) in [5.74, 6) is -0.0484. The number of allylic oxidation sites excluding steroid dienone is 5. The number of nitrogens with one attached hydrogen (secondary N) is 1. The highest BCUT2D eigenvalue weighted by Gasteiger charge is 2.18. The summed E-state index contributed by atoms with van der Waals surface area (Å²) in [4.78, 5) is 24.6. The van der Waals surface area contributed by atoms with Gasteiger partial charge in [-0.25, -0.2) is 0 Å². The van der Waals surface area contributed by atoms with Crippen LogP contribution in [0.5, 0.6) is 0 Å². The summed E-state index contributed by atoms with van der Waals surface area (Å²) in [6, 6.07) is -0.626. The molecule has 0 radical (unpaired) electrons. The van der Waals surface area contributed by atoms with E-state index in [0.29, 0.717) is 19.4 Å². The molecule has 0 aliphatic rings. The standard InChI is InChI=1S/C81H155NO5/c1-3-5-7-9-11-13-15-17-18-19-20-21-37-40-43-46-50-53-57-61-65-69-73-79(84)78(77-83)82-80(85)74-70-66-62-58-54-51-47-44-41-38-35-33-31-29-27-25-23-22-24-26-28-30-32-34-36-39-42-45-48-52-56-60-64-68-72-76-87-81(86)75-71-67-63-59-55-49-16-14-12-10-8-6-4-2/h14,16,24,26,69,73,78-79,83-84H,3-13,15,17-23,25,27-68,70-72,74-77H2,1-2H3,(H,82,85)/b16-14-,26-24-,73-69+. The molecule has 0 rings (SSSR count). The maximum absolute atomic E-state index is 12.5. The van der Waals surface area contributed by atoms with E-state index in [0.717, 1.165) is 44.9 Å². The zero-order chi connectivity index (χ0) is 62.8. The third-order valence-electron chi connectivity index (χ3n) is 18.6. The van der Waals surface area contributed by atoms with Gasteiger partial charge in [0.2, 0.25) is 5.91 Å². The number of carbonyl (C=O) groups is 2. The van der Waals surface area contributed by atoms with Gasteiger partial charge in [-0.15, -0.1) is 0 Å². The Balaban J connectivity index is 3.37. The van der Waals surface area contributed by atoms with E-state index < -0.39 is 12.1 Å². The number of hydrogen-bond acceptors (Lipinski definition) is 5. The minimum atomic E-state index is -0.843. The number of esters is 1. The van der Waals surface area contributed by atoms with Crippen molar-refractivity contribution in [3.63, 3.8) is 0 Å². The third kappa shape index (κ3) is 73.0. The summed E-state index contributed by atoms with van der Waals surface area (Å²) in [7, 11) is 0. The Kier molecular flexibility index (Phi) is 74.8. The molecule has 0 saturated heterocycles. The minimum Gasteiger partial charge on any atom is -0.466 e. The molecule has 2 unspecified atom stereocenters. The Morgan fingerprint density at radius 3 is 0.828 bits per heavy atom. The number of hydrogen-bond donors (Lipinski definition) is 3. The molecule has 0 spiro atoms. The van der Waals surface area contributed by atoms with Gasteiger partial charge in [0.15, 0.2) is 0 Å². The summed E-state index contributed by atoms with van der Waals surface area (Å²) in [6.45, 7) is 4.93. The van der Waals surface area contributed by atoms with E-state index in [9.17, 15) is 19.8 Å². The van der Waals surface area contributed by atoms with Crippen LogP contribution in [-0.4, -0.2) is 47.4 Å². The van der Waals surface area contributed by atoms with Crippen molar-refractivity contribution in [2.24, 2.45) is 0 Å². The first kappa shape index (κ1) is 85.1. The maximum Gasteiger partial charge on any atom is 0.305 e. The lowest BCUT2D eigenvalue weighted by Crippen LogP contribution is -2.45. The van der Waals surface area contributed by atoms with Crippen LogP contribution in [0.15, 0.2) is 36.5 Å². The molecule has 0 aromatic heterocycles. The zero-order valence-electron chi connectivity index (χ0n) is 59.0. The first-order valence-electron chi connectivity index (χ1n) is 39.8. The highest BCUT2D eigenvalue weighted by molar-refractivity contribution is 5.76. The van der Waals surface area contributed by atoms with Crippen LogP contribution in [0.1, 0.15) is 444 Å². The molecule has 6 heteroatoms. The van der Waals surface area contributed by atoms with E-state index in [1.807, 2.05) is 6.08 Å². The van der Waals surface area contributed by atoms with Gasteiger partial charge < -0.3 is 20.3 Å². The molecule has 0 aromatic carbocycles. The van der Waals surface area contributed by atoms with Gasteiger partial charge in [-0.1, -0.05) is 384 Å². The fourth-order valence-corrected chi connectivity index (χ4v) is 12.6. The van der Waals surface area contributed by atoms with Gasteiger partial charge in [0, 0.05) is 12.8 Å². The molecule has 1 amide bonds. The van der Waals surface area contributed by atoms with Crippen molar-refractivity contribution >= 4 is 11.9 Å². The van der Waals surface area contributed by atoms with E-state index in [4.69, 9.17) is 4.74 Å². The summed E-state index contributed by atoms with van der Waals surface area (Å²) < 4.78 is 5.49. The predicted molar refractivity (Wildman–Crippen MR) is 384 cm³/mol. The van der Waals surface area contributed by atoms with Crippen molar-refractivity contribution in [3.8, 4) is 0 Å². The smallest absolute Gasteiger partial charge is 0.305 e. The van der Waals surface area contributed by atoms with Crippen LogP contribution in [-0.2, 0) is 14.3 Å². The Labute approximate surface area is 544 Å². The van der Waals surface area contributed by atoms with Gasteiger partial charge in [0.05, 0.1) is 25.4 Å². The second kappa shape index (κ2) is 76.5. The summed E-state index contributed by atoms with van der Waals surface area (Å²) in [5.41, 5.74) is 0. The van der Waals surface area contributed by atoms with Crippen molar-refractivity contribution in [2.45, 2.75) is 456 Å². The van der Waals surface area contributed by atoms with Crippen molar-refractivity contribution in [2.75, 3.05) is 13.2 Å². The Morgan fingerprint density at radius 1 is 0.310 bits per heavy atom. The van der Waals surface area contributed by atoms with Gasteiger partial charge in [0.25, 0.3) is 0 Å². The number of rotatable bonds is 75. The molecule has 2 atom stereocenters. The Bertz CT molecular complexity index is 1410. The quantitative estimate of drug-likeness (QED) is 0.0320. The second-order valence-corrected chi connectivity index (χ2v) is 27.4. The molecular formula is C81H155NO5. The molecule has 0 aliphatic carbocycles. The van der Waals surface area contributed by atoms with Crippen LogP contribution in [0.4, 0.5) is 0 Å². The lowest BCUT2D eigenvalue weighted by molar-refractivity contribution is -0.143. The lowest BCUT2D eigenvalue weighted by Gasteiger charge is -2.20. The van der Waals surface area contributed by atoms with Gasteiger partial charge in [-0.05, 0) is 83.5 Å². The Hall–Kier alpha value is -1.92. The van der Waals surface area contributed by atoms with E-state index in [2.05, 4.69) is 43.5 Å². The number of amides is 1. The van der Waals surface area contributed by atoms with Crippen LogP contribution in [0.3, 0.4) is 0 Å². The second-order valence-electron chi connectivity index (χ2n) is 27.4. The topological polar surface area (TPSA) is 95.9 Å². The first-order valence-corrected chi connectivity index (χ1v) is 39.8. The minimum absolute atomic E-state index is 0.0113. The molecule has 0 fully saturated rings. The SMILES string of the molecule is CCCCCC/C=C\CCCCCCCC(=O)OCCCCCCCCCCCCCCCC/C=C\CCCCCCCCCCCCCCCCCCCC(=O)NC(CO)C(O)/C=C/CCCCCCCCCCCCCCCCCCCCCC. The third-order valence-corrected chi connectivity index (χ3v) is 18.6. The van der Waals surface area contributed by atoms with Gasteiger partial charge in [-0.3, -0.25) is 9.59 Å². The largest absolute Gasteiger partial charge is 0.466 e. The van der Waals surface area contributed by atoms with Gasteiger partial charge in [0.1, 0.15) is 0 Å². The van der Waals surface area contributed by atoms with Crippen LogP contribution in [0.25, 0.3) is 0 Å². The molecular weight excluding hydrogens is 1070 g/mol. The summed E-state index contributed by atoms with van der Waals surface area (Å²) >= 11 is 0. The highest BCUT2D eigenvalue weighted by atomic mass is 16.5. The van der Waals surface area contributed by atoms with Crippen molar-refractivity contribution in [3.05, 3.63) is 36.5 Å². The fourth-order valence-electron chi connectivity index (χ4n) is 12.6. The molecule has 0 saturated carbocycles. The van der Waals surface area contributed by atoms with E-state index >= 15 is 0 Å². The van der Waals surface area contributed by atoms with Crippen LogP contribution in [0, 0.1) is 0 Å². The predicted octanol–water partition coefficient (Wildman–Crippen LogP) is 26.2. The first-order chi connectivity index (χ1) is 43.0. The highest BCUT2D eigenvalue weighted by Crippen LogP contribution is 2.20. The molecule has 0 heterocycles. The molecule has 87 heavy (non-hydrogen) atoms. The number of ether oxygens (including phenoxy) is 1. The summed E-state index contributed by atoms with van der Waals surface area (Å²) in [6.07, 6.45) is 99.9. The zero-order valence-corrected chi connectivity index (χ0v) is 59.0. The van der Waals surface area contributed by atoms with Crippen molar-refractivity contribution in [1.29, 1.82) is 0 Å². The lowest BCUT2D eigenvalue weighted by atomic mass is 10.0. The average Bonchev–Trinajstić information content (AvgIpc) is 3.54. The monoisotopic (exact) mass is 1220 g/mol. The molecule has 514 valence electrons. The number of aliphatic hydroxyl groups is 2. The van der Waals surface area contributed by atoms with E-state index in [1.54, 1.807) is 6.08 Å². The molecule has 3 N–H and O–H groups in total. The number of unbranched alkanes of at least 4 members (excludes halogenated alkanes) is 60. The number of carbonyl (C=O) groups excluding carboxylic acids is 2. The van der Waals surface area contributed by atoms with Crippen molar-refractivity contribution in [1.82, 2.24) is 5.32 Å². The molecule has 0 bridgehead atoms. The average molecular weight is 1220 g/mol. The fraction of sp³-hybridized carbons (Fsp3) is 0.901. The van der Waals surface area contributed by atoms with E-state index in [1.165, 1.54) is 372 Å². The molecule has 0 aliphatic heterocycles. The Morgan fingerprint density at radius 2 is 0.540 bits per heavy atom. The van der Waals surface area contributed by atoms with Gasteiger partial charge >= 0.3 is 5.97 Å². The normalized spacial score (nSPS) is 12.6. The molecule has 0 aromatic rings. The van der Waals surface area contributed by atoms with E-state index in [-0.39, 0.29) is 18.5 Å². The summed E-state index contributed by atoms with van der Waals surface area (Å²) in [5, 5.41) is 23.3. The van der Waals surface area contributed by atoms with Gasteiger partial charge in [-0.2, -0.15) is 0 Å². The molecule has 6 nitrogen and oxygen atoms in total. The van der Waals surface area contributed by atoms with Crippen LogP contribution in [0.2, 0.25) is 0 Å². The van der Waals surface area contributed by atoms with Crippen LogP contribution < -0.4 is 5.32 Å².